The monoisotopic (exact) mass is 376 g/mol. The van der Waals surface area contributed by atoms with Gasteiger partial charge in [0.1, 0.15) is 17.9 Å². The lowest BCUT2D eigenvalue weighted by Crippen LogP contribution is -2.39. The summed E-state index contributed by atoms with van der Waals surface area (Å²) < 4.78 is 16.0. The molecule has 0 saturated heterocycles. The van der Waals surface area contributed by atoms with Crippen molar-refractivity contribution in [2.24, 2.45) is 5.92 Å². The highest BCUT2D eigenvalue weighted by atomic mass is 16.5. The molecule has 1 aromatic carbocycles. The first-order valence-electron chi connectivity index (χ1n) is 8.89. The van der Waals surface area contributed by atoms with Crippen LogP contribution in [0.2, 0.25) is 0 Å². The Morgan fingerprint density at radius 1 is 1.19 bits per heavy atom. The molecule has 0 aliphatic carbocycles. The smallest absolute Gasteiger partial charge is 0.407 e. The Morgan fingerprint density at radius 2 is 1.93 bits per heavy atom. The molecule has 0 saturated carbocycles. The lowest BCUT2D eigenvalue weighted by atomic mass is 10.1. The molecule has 0 aliphatic heterocycles. The van der Waals surface area contributed by atoms with Crippen LogP contribution in [0, 0.1) is 11.1 Å². The van der Waals surface area contributed by atoms with E-state index in [2.05, 4.69) is 4.98 Å². The Hall–Kier alpha value is -2.90. The fraction of sp³-hybridized carbons (Fsp3) is 0.474. The summed E-state index contributed by atoms with van der Waals surface area (Å²) in [6, 6.07) is 4.80. The molecular weight excluding hydrogens is 352 g/mol. The molecule has 8 heteroatoms. The number of aromatic nitrogens is 2. The quantitative estimate of drug-likeness (QED) is 0.396. The van der Waals surface area contributed by atoms with Crippen molar-refractivity contribution in [3.63, 3.8) is 0 Å². The number of carbonyl (C=O) groups excluding carboxylic acids is 2. The molecule has 2 aromatic rings. The summed E-state index contributed by atoms with van der Waals surface area (Å²) in [5, 5.41) is 12.8. The molecule has 0 N–H and O–H groups in total. The first-order chi connectivity index (χ1) is 12.9. The van der Waals surface area contributed by atoms with Crippen LogP contribution < -0.4 is 9.47 Å². The number of esters is 2. The summed E-state index contributed by atoms with van der Waals surface area (Å²) in [5.41, 5.74) is 0.283. The van der Waals surface area contributed by atoms with Crippen LogP contribution in [0.4, 0.5) is 0 Å². The molecule has 0 atom stereocenters. The Balaban J connectivity index is 2.46. The molecule has 0 fully saturated rings. The minimum Gasteiger partial charge on any atom is -0.618 e. The second-order valence-electron chi connectivity index (χ2n) is 6.26. The fourth-order valence-electron chi connectivity index (χ4n) is 2.49. The molecule has 2 rings (SSSR count). The summed E-state index contributed by atoms with van der Waals surface area (Å²) in [4.78, 5) is 28.5. The average molecular weight is 376 g/mol. The van der Waals surface area contributed by atoms with Crippen molar-refractivity contribution in [3.05, 3.63) is 34.8 Å². The van der Waals surface area contributed by atoms with Gasteiger partial charge < -0.3 is 19.4 Å². The molecule has 0 spiro atoms. The van der Waals surface area contributed by atoms with Crippen LogP contribution in [-0.4, -0.2) is 30.1 Å². The number of fused-ring (bicyclic) bond motifs is 1. The number of hydrogen-bond acceptors (Lipinski definition) is 7. The second kappa shape index (κ2) is 9.16. The number of carbonyl (C=O) groups is 2. The van der Waals surface area contributed by atoms with E-state index in [1.165, 1.54) is 6.07 Å². The number of benzene rings is 1. The number of hydrogen-bond donors (Lipinski definition) is 0. The molecule has 8 nitrogen and oxygen atoms in total. The minimum atomic E-state index is -0.821. The fourth-order valence-corrected chi connectivity index (χ4v) is 2.49. The second-order valence-corrected chi connectivity index (χ2v) is 6.26. The molecule has 1 heterocycles. The van der Waals surface area contributed by atoms with Gasteiger partial charge in [-0.05, 0) is 31.9 Å². The molecule has 146 valence electrons. The zero-order valence-electron chi connectivity index (χ0n) is 16.0. The van der Waals surface area contributed by atoms with E-state index in [4.69, 9.17) is 14.2 Å². The number of ether oxygens (including phenoxy) is 3. The SMILES string of the molecule is CCOC(=O)c1c(COC(=O)CC(C)C)nc2ccc(OCC)cc2[n+]1[O-]. The molecular formula is C19H24N2O6. The molecule has 0 bridgehead atoms. The Kier molecular flexibility index (Phi) is 6.92. The first-order valence-corrected chi connectivity index (χ1v) is 8.89. The molecule has 27 heavy (non-hydrogen) atoms. The largest absolute Gasteiger partial charge is 0.618 e. The number of nitrogens with zero attached hydrogens (tertiary/aromatic N) is 2. The van der Waals surface area contributed by atoms with E-state index in [1.54, 1.807) is 19.1 Å². The Morgan fingerprint density at radius 3 is 2.56 bits per heavy atom. The van der Waals surface area contributed by atoms with Crippen molar-refractivity contribution < 1.29 is 28.5 Å². The van der Waals surface area contributed by atoms with Gasteiger partial charge in [0, 0.05) is 6.42 Å². The topological polar surface area (TPSA) is 102 Å². The van der Waals surface area contributed by atoms with Gasteiger partial charge in [0.25, 0.3) is 0 Å². The van der Waals surface area contributed by atoms with Gasteiger partial charge in [-0.1, -0.05) is 13.8 Å². The zero-order valence-corrected chi connectivity index (χ0v) is 16.0. The van der Waals surface area contributed by atoms with E-state index in [-0.39, 0.29) is 42.5 Å². The van der Waals surface area contributed by atoms with Gasteiger partial charge in [-0.2, -0.15) is 4.73 Å². The molecule has 1 aromatic heterocycles. The van der Waals surface area contributed by atoms with Crippen LogP contribution in [0.1, 0.15) is 50.3 Å². The standard InChI is InChI=1S/C19H24N2O6/c1-5-25-13-7-8-14-16(10-13)21(24)18(19(23)26-6-2)15(20-14)11-27-17(22)9-12(3)4/h7-8,10,12H,5-6,9,11H2,1-4H3. The predicted octanol–water partition coefficient (Wildman–Crippen LogP) is 2.53. The van der Waals surface area contributed by atoms with E-state index >= 15 is 0 Å². The maximum absolute atomic E-state index is 12.8. The van der Waals surface area contributed by atoms with Crippen molar-refractivity contribution in [1.29, 1.82) is 0 Å². The molecule has 0 radical (unpaired) electrons. The van der Waals surface area contributed by atoms with Gasteiger partial charge in [0.05, 0.1) is 19.3 Å². The third-order valence-electron chi connectivity index (χ3n) is 3.62. The maximum Gasteiger partial charge on any atom is 0.407 e. The summed E-state index contributed by atoms with van der Waals surface area (Å²) in [6.45, 7) is 7.49. The van der Waals surface area contributed by atoms with Crippen molar-refractivity contribution in [3.8, 4) is 5.75 Å². The van der Waals surface area contributed by atoms with Crippen LogP contribution >= 0.6 is 0 Å². The van der Waals surface area contributed by atoms with E-state index in [1.807, 2.05) is 20.8 Å². The molecule has 0 aliphatic rings. The summed E-state index contributed by atoms with van der Waals surface area (Å²) in [6.07, 6.45) is 0.234. The van der Waals surface area contributed by atoms with Crippen LogP contribution in [0.15, 0.2) is 18.2 Å². The van der Waals surface area contributed by atoms with Crippen LogP contribution in [0.25, 0.3) is 11.0 Å². The van der Waals surface area contributed by atoms with Crippen molar-refractivity contribution in [2.45, 2.75) is 40.7 Å². The van der Waals surface area contributed by atoms with Crippen molar-refractivity contribution in [1.82, 2.24) is 4.98 Å². The maximum atomic E-state index is 12.8. The molecule has 0 amide bonds. The Labute approximate surface area is 157 Å². The summed E-state index contributed by atoms with van der Waals surface area (Å²) >= 11 is 0. The van der Waals surface area contributed by atoms with Gasteiger partial charge in [-0.3, -0.25) is 4.79 Å². The van der Waals surface area contributed by atoms with Gasteiger partial charge in [0.2, 0.25) is 5.52 Å². The van der Waals surface area contributed by atoms with Crippen molar-refractivity contribution >= 4 is 23.0 Å². The first kappa shape index (κ1) is 20.4. The van der Waals surface area contributed by atoms with Crippen LogP contribution in [0.5, 0.6) is 5.75 Å². The van der Waals surface area contributed by atoms with E-state index in [9.17, 15) is 14.8 Å². The van der Waals surface area contributed by atoms with Crippen LogP contribution in [-0.2, 0) is 20.9 Å². The average Bonchev–Trinajstić information content (AvgIpc) is 2.60. The lowest BCUT2D eigenvalue weighted by Gasteiger charge is -2.12. The highest BCUT2D eigenvalue weighted by molar-refractivity contribution is 5.88. The van der Waals surface area contributed by atoms with E-state index < -0.39 is 11.9 Å². The van der Waals surface area contributed by atoms with Gasteiger partial charge in [-0.25, -0.2) is 9.78 Å². The van der Waals surface area contributed by atoms with Gasteiger partial charge in [-0.15, -0.1) is 0 Å². The number of rotatable bonds is 8. The minimum absolute atomic E-state index is 0.0530. The normalized spacial score (nSPS) is 10.9. The van der Waals surface area contributed by atoms with Crippen molar-refractivity contribution in [2.75, 3.05) is 13.2 Å². The summed E-state index contributed by atoms with van der Waals surface area (Å²) in [5.74, 6) is -0.625. The highest BCUT2D eigenvalue weighted by Crippen LogP contribution is 2.19. The Bertz CT molecular complexity index is 835. The summed E-state index contributed by atoms with van der Waals surface area (Å²) in [7, 11) is 0. The van der Waals surface area contributed by atoms with Gasteiger partial charge in [0.15, 0.2) is 5.69 Å². The van der Waals surface area contributed by atoms with Gasteiger partial charge >= 0.3 is 17.6 Å². The zero-order chi connectivity index (χ0) is 20.0. The highest BCUT2D eigenvalue weighted by Gasteiger charge is 2.28. The third kappa shape index (κ3) is 5.06. The van der Waals surface area contributed by atoms with E-state index in [0.717, 1.165) is 0 Å². The molecule has 0 unspecified atom stereocenters. The predicted molar refractivity (Wildman–Crippen MR) is 97.1 cm³/mol. The lowest BCUT2D eigenvalue weighted by molar-refractivity contribution is -0.581. The third-order valence-corrected chi connectivity index (χ3v) is 3.62. The van der Waals surface area contributed by atoms with E-state index in [0.29, 0.717) is 22.6 Å². The van der Waals surface area contributed by atoms with Crippen LogP contribution in [0.3, 0.4) is 0 Å².